The zero-order valence-electron chi connectivity index (χ0n) is 24.1. The number of benzene rings is 1. The van der Waals surface area contributed by atoms with Crippen molar-refractivity contribution in [3.8, 4) is 0 Å². The number of esters is 1. The maximum Gasteiger partial charge on any atom is 0.338 e. The number of hydrogen-bond acceptors (Lipinski definition) is 9. The summed E-state index contributed by atoms with van der Waals surface area (Å²) in [6.45, 7) is 4.52. The second-order valence-electron chi connectivity index (χ2n) is 11.5. The van der Waals surface area contributed by atoms with E-state index in [-0.39, 0.29) is 48.9 Å². The fourth-order valence-electron chi connectivity index (χ4n) is 5.86. The van der Waals surface area contributed by atoms with Crippen molar-refractivity contribution in [2.75, 3.05) is 32.8 Å². The highest BCUT2D eigenvalue weighted by Gasteiger charge is 2.62. The molecule has 230 valence electrons. The molecule has 2 aromatic rings. The number of amides is 1. The number of carboxylic acids is 1. The number of aromatic nitrogens is 1. The minimum Gasteiger partial charge on any atom is -0.481 e. The number of thiazole rings is 1. The van der Waals surface area contributed by atoms with Crippen LogP contribution < -0.4 is 5.32 Å². The first-order chi connectivity index (χ1) is 20.2. The first-order valence-electron chi connectivity index (χ1n) is 13.8. The van der Waals surface area contributed by atoms with Crippen LogP contribution >= 0.6 is 11.3 Å². The van der Waals surface area contributed by atoms with Crippen LogP contribution in [-0.4, -0.2) is 88.3 Å². The van der Waals surface area contributed by atoms with Crippen molar-refractivity contribution in [3.05, 3.63) is 63.0 Å². The largest absolute Gasteiger partial charge is 0.481 e. The molecule has 43 heavy (non-hydrogen) atoms. The van der Waals surface area contributed by atoms with Gasteiger partial charge in [-0.3, -0.25) is 19.5 Å². The van der Waals surface area contributed by atoms with Gasteiger partial charge in [0.15, 0.2) is 10.8 Å². The summed E-state index contributed by atoms with van der Waals surface area (Å²) in [5.41, 5.74) is -0.501. The van der Waals surface area contributed by atoms with E-state index in [2.05, 4.69) is 10.3 Å². The van der Waals surface area contributed by atoms with Gasteiger partial charge in [0.2, 0.25) is 5.91 Å². The lowest BCUT2D eigenvalue weighted by molar-refractivity contribution is -0.149. The van der Waals surface area contributed by atoms with Crippen LogP contribution in [0, 0.1) is 24.1 Å². The Morgan fingerprint density at radius 1 is 1.30 bits per heavy atom. The quantitative estimate of drug-likeness (QED) is 0.410. The number of aliphatic carboxylic acids is 1. The van der Waals surface area contributed by atoms with E-state index in [1.165, 1.54) is 47.1 Å². The number of likely N-dealkylation sites (tertiary alicyclic amines) is 2. The van der Waals surface area contributed by atoms with E-state index in [1.807, 2.05) is 0 Å². The Bertz CT molecular complexity index is 1510. The molecule has 2 saturated heterocycles. The number of fused-ring (bicyclic) bond motifs is 1. The van der Waals surface area contributed by atoms with Crippen molar-refractivity contribution in [3.63, 3.8) is 0 Å². The van der Waals surface area contributed by atoms with Gasteiger partial charge in [-0.15, -0.1) is 11.3 Å². The van der Waals surface area contributed by atoms with Crippen LogP contribution in [0.3, 0.4) is 0 Å². The Morgan fingerprint density at radius 3 is 2.70 bits per heavy atom. The van der Waals surface area contributed by atoms with E-state index < -0.39 is 59.5 Å². The second kappa shape index (κ2) is 11.4. The molecule has 1 amide bonds. The van der Waals surface area contributed by atoms with Crippen LogP contribution in [0.4, 0.5) is 13.2 Å². The first-order valence-corrected chi connectivity index (χ1v) is 14.7. The Morgan fingerprint density at radius 2 is 2.05 bits per heavy atom. The highest BCUT2D eigenvalue weighted by Crippen LogP contribution is 2.44. The lowest BCUT2D eigenvalue weighted by atomic mass is 9.92. The molecule has 2 N–H and O–H groups in total. The summed E-state index contributed by atoms with van der Waals surface area (Å²) in [5, 5.41) is 14.8. The normalized spacial score (nSPS) is 23.7. The fourth-order valence-corrected chi connectivity index (χ4v) is 6.44. The maximum atomic E-state index is 15.4. The van der Waals surface area contributed by atoms with E-state index in [9.17, 15) is 23.9 Å². The topological polar surface area (TPSA) is 124 Å². The third kappa shape index (κ3) is 5.65. The van der Waals surface area contributed by atoms with Gasteiger partial charge in [0, 0.05) is 36.9 Å². The molecule has 3 aliphatic heterocycles. The smallest absolute Gasteiger partial charge is 0.338 e. The molecule has 3 aliphatic rings. The van der Waals surface area contributed by atoms with Crippen molar-refractivity contribution in [1.29, 1.82) is 0 Å². The zero-order chi connectivity index (χ0) is 31.3. The monoisotopic (exact) mass is 619 g/mol. The van der Waals surface area contributed by atoms with E-state index in [1.54, 1.807) is 31.5 Å². The predicted molar refractivity (Wildman–Crippen MR) is 151 cm³/mol. The zero-order valence-corrected chi connectivity index (χ0v) is 24.9. The molecular weight excluding hydrogens is 587 g/mol. The molecular formula is C29H32F3N5O5S. The lowest BCUT2D eigenvalue weighted by Gasteiger charge is -2.32. The molecule has 1 aromatic carbocycles. The Kier molecular flexibility index (Phi) is 8.11. The Hall–Kier alpha value is -3.78. The summed E-state index contributed by atoms with van der Waals surface area (Å²) >= 11 is 1.26. The number of alkyl halides is 2. The van der Waals surface area contributed by atoms with Gasteiger partial charge in [-0.05, 0) is 44.9 Å². The maximum absolute atomic E-state index is 15.4. The molecule has 10 nitrogen and oxygen atoms in total. The summed E-state index contributed by atoms with van der Waals surface area (Å²) in [4.78, 5) is 50.2. The van der Waals surface area contributed by atoms with Crippen LogP contribution in [0.1, 0.15) is 42.9 Å². The van der Waals surface area contributed by atoms with Crippen molar-refractivity contribution in [2.24, 2.45) is 16.3 Å². The van der Waals surface area contributed by atoms with Gasteiger partial charge in [-0.1, -0.05) is 12.1 Å². The molecule has 0 radical (unpaired) electrons. The minimum atomic E-state index is -3.26. The summed E-state index contributed by atoms with van der Waals surface area (Å²) in [5.74, 6) is -7.38. The van der Waals surface area contributed by atoms with Crippen LogP contribution in [0.2, 0.25) is 0 Å². The molecule has 5 rings (SSSR count). The molecule has 14 heteroatoms. The van der Waals surface area contributed by atoms with Gasteiger partial charge >= 0.3 is 11.9 Å². The fraction of sp³-hybridized carbons (Fsp3) is 0.483. The van der Waals surface area contributed by atoms with Crippen molar-refractivity contribution in [2.45, 2.75) is 45.7 Å². The van der Waals surface area contributed by atoms with Crippen LogP contribution in [0.15, 0.2) is 46.0 Å². The molecule has 0 bridgehead atoms. The molecule has 2 unspecified atom stereocenters. The van der Waals surface area contributed by atoms with Crippen LogP contribution in [-0.2, 0) is 19.1 Å². The highest BCUT2D eigenvalue weighted by atomic mass is 32.1. The van der Waals surface area contributed by atoms with Gasteiger partial charge in [-0.2, -0.15) is 0 Å². The van der Waals surface area contributed by atoms with Gasteiger partial charge in [0.25, 0.3) is 5.92 Å². The summed E-state index contributed by atoms with van der Waals surface area (Å²) < 4.78 is 50.9. The summed E-state index contributed by atoms with van der Waals surface area (Å²) in [7, 11) is 0. The number of nitrogens with one attached hydrogen (secondary N) is 1. The van der Waals surface area contributed by atoms with E-state index >= 15 is 8.78 Å². The van der Waals surface area contributed by atoms with Crippen LogP contribution in [0.25, 0.3) is 0 Å². The van der Waals surface area contributed by atoms with Crippen molar-refractivity contribution >= 4 is 35.0 Å². The molecule has 4 heterocycles. The SMILES string of the molecule is CCOC(=O)C1=C(CN2CC(F)(F)C3CN(CC(C)(C)C(=O)O)C(=O)C32)NC(c2nccs2)=N[C@H]1c1cccc(F)c1C. The molecule has 3 atom stereocenters. The third-order valence-corrected chi connectivity index (χ3v) is 8.88. The minimum absolute atomic E-state index is 0.0111. The van der Waals surface area contributed by atoms with E-state index in [4.69, 9.17) is 9.73 Å². The number of amidine groups is 1. The number of carboxylic acid groups (broad SMARTS) is 1. The molecule has 0 aliphatic carbocycles. The summed E-state index contributed by atoms with van der Waals surface area (Å²) in [6, 6.07) is 2.13. The molecule has 1 aromatic heterocycles. The second-order valence-corrected chi connectivity index (χ2v) is 12.4. The van der Waals surface area contributed by atoms with Gasteiger partial charge in [0.1, 0.15) is 17.9 Å². The third-order valence-electron chi connectivity index (χ3n) is 8.10. The molecule has 0 spiro atoms. The van der Waals surface area contributed by atoms with E-state index in [0.717, 1.165) is 0 Å². The highest BCUT2D eigenvalue weighted by molar-refractivity contribution is 7.11. The predicted octanol–water partition coefficient (Wildman–Crippen LogP) is 3.39. The number of ether oxygens (including phenoxy) is 1. The average molecular weight is 620 g/mol. The summed E-state index contributed by atoms with van der Waals surface area (Å²) in [6.07, 6.45) is 1.56. The van der Waals surface area contributed by atoms with Gasteiger partial charge in [-0.25, -0.2) is 22.9 Å². The number of rotatable bonds is 9. The Labute approximate surface area is 250 Å². The van der Waals surface area contributed by atoms with Crippen LogP contribution in [0.5, 0.6) is 0 Å². The number of nitrogens with zero attached hydrogens (tertiary/aromatic N) is 4. The molecule has 0 saturated carbocycles. The van der Waals surface area contributed by atoms with Gasteiger partial charge in [0.05, 0.1) is 30.1 Å². The number of hydrogen-bond donors (Lipinski definition) is 2. The molecule has 2 fully saturated rings. The number of halogens is 3. The number of aliphatic imine (C=N–C) groups is 1. The van der Waals surface area contributed by atoms with Crippen molar-refractivity contribution < 1.29 is 37.4 Å². The Balaban J connectivity index is 1.57. The van der Waals surface area contributed by atoms with E-state index in [0.29, 0.717) is 10.6 Å². The number of carbonyl (C=O) groups is 3. The standard InChI is InChI=1S/C29H32F3N5O5S/c1-5-42-26(39)20-19(34-23(24-33-9-10-43-24)35-21(20)16-7-6-8-18(30)15(16)2)12-36-14-29(31,32)17-11-37(25(38)22(17)36)13-28(3,4)27(40)41/h6-10,17,21-22H,5,11-14H2,1-4H3,(H,34,35)(H,40,41)/t17?,21-,22?/m0/s1. The van der Waals surface area contributed by atoms with Gasteiger partial charge < -0.3 is 20.1 Å². The number of carbonyl (C=O) groups excluding carboxylic acids is 2. The van der Waals surface area contributed by atoms with Crippen molar-refractivity contribution in [1.82, 2.24) is 20.1 Å². The first kappa shape index (κ1) is 30.7. The average Bonchev–Trinajstić information content (AvgIpc) is 3.63. The lowest BCUT2D eigenvalue weighted by Crippen LogP contribution is -2.47.